The molecule has 1 aromatic rings. The van der Waals surface area contributed by atoms with Crippen LogP contribution in [0.4, 0.5) is 0 Å². The first-order chi connectivity index (χ1) is 13.6. The van der Waals surface area contributed by atoms with Gasteiger partial charge in [0.05, 0.1) is 17.3 Å². The topological polar surface area (TPSA) is 80.9 Å². The third-order valence-electron chi connectivity index (χ3n) is 10.3. The molecule has 4 saturated carbocycles. The molecule has 0 heterocycles. The first-order valence-electron chi connectivity index (χ1n) is 11.6. The number of hydrogen-bond acceptors (Lipinski definition) is 4. The lowest BCUT2D eigenvalue weighted by Gasteiger charge is -2.64. The maximum Gasteiger partial charge on any atom is 0.115 e. The quantitative estimate of drug-likeness (QED) is 0.572. The smallest absolute Gasteiger partial charge is 0.115 e. The van der Waals surface area contributed by atoms with Crippen LogP contribution in [0.25, 0.3) is 0 Å². The molecular weight excluding hydrogens is 364 g/mol. The van der Waals surface area contributed by atoms with E-state index in [4.69, 9.17) is 0 Å². The Balaban J connectivity index is 1.52. The summed E-state index contributed by atoms with van der Waals surface area (Å²) in [7, 11) is 0. The Morgan fingerprint density at radius 3 is 2.28 bits per heavy atom. The van der Waals surface area contributed by atoms with Crippen molar-refractivity contribution in [2.24, 2.45) is 28.6 Å². The van der Waals surface area contributed by atoms with Gasteiger partial charge in [-0.25, -0.2) is 0 Å². The molecule has 1 aromatic carbocycles. The molecule has 0 aromatic heterocycles. The third kappa shape index (κ3) is 2.43. The molecule has 160 valence electrons. The number of benzene rings is 1. The zero-order chi connectivity index (χ0) is 20.7. The number of hydrogen-bond donors (Lipinski definition) is 4. The van der Waals surface area contributed by atoms with E-state index in [2.05, 4.69) is 13.8 Å². The summed E-state index contributed by atoms with van der Waals surface area (Å²) < 4.78 is 0. The van der Waals surface area contributed by atoms with E-state index in [0.29, 0.717) is 24.7 Å². The van der Waals surface area contributed by atoms with E-state index < -0.39 is 16.6 Å². The lowest BCUT2D eigenvalue weighted by molar-refractivity contribution is -0.238. The fraction of sp³-hybridized carbons (Fsp3) is 0.760. The summed E-state index contributed by atoms with van der Waals surface area (Å²) in [6.45, 7) is 4.51. The lowest BCUT2D eigenvalue weighted by atomic mass is 9.43. The molecular formula is C25H36O4. The standard InChI is InChI=1S/C25H36O4/c1-22-11-9-19(27)15-17(22)5-8-21-20(22)10-12-23(2)24(28,13-14-25(21,23)29)16-3-6-18(26)7-4-16/h3-4,6-7,17,19-21,26-29H,5,8-15H2,1-2H3/t17-,19+,20+,21-,22+,23-,24+,25+/m1/s1. The lowest BCUT2D eigenvalue weighted by Crippen LogP contribution is -2.64. The van der Waals surface area contributed by atoms with Gasteiger partial charge in [0.2, 0.25) is 0 Å². The molecule has 0 aliphatic heterocycles. The maximum atomic E-state index is 12.2. The normalized spacial score (nSPS) is 51.8. The van der Waals surface area contributed by atoms with Gasteiger partial charge in [-0.3, -0.25) is 0 Å². The third-order valence-corrected chi connectivity index (χ3v) is 10.3. The Morgan fingerprint density at radius 2 is 1.55 bits per heavy atom. The molecule has 4 aliphatic rings. The number of aromatic hydroxyl groups is 1. The summed E-state index contributed by atoms with van der Waals surface area (Å²) in [5.41, 5.74) is -1.52. The highest BCUT2D eigenvalue weighted by Crippen LogP contribution is 2.71. The van der Waals surface area contributed by atoms with Crippen molar-refractivity contribution in [2.75, 3.05) is 0 Å². The molecule has 8 atom stereocenters. The predicted molar refractivity (Wildman–Crippen MR) is 111 cm³/mol. The molecule has 0 spiro atoms. The van der Waals surface area contributed by atoms with Gasteiger partial charge in [-0.2, -0.15) is 0 Å². The molecule has 0 saturated heterocycles. The van der Waals surface area contributed by atoms with Crippen LogP contribution in [0.1, 0.15) is 77.2 Å². The zero-order valence-corrected chi connectivity index (χ0v) is 17.8. The SMILES string of the molecule is C[C@]12CC[C@H](O)C[C@H]1CC[C@@H]1[C@@H]2CC[C@]2(C)[C@@](O)(c3ccc(O)cc3)CC[C@]12O. The van der Waals surface area contributed by atoms with Crippen LogP contribution in [-0.4, -0.2) is 32.1 Å². The molecule has 4 fully saturated rings. The Labute approximate surface area is 174 Å². The molecule has 4 aliphatic carbocycles. The van der Waals surface area contributed by atoms with Gasteiger partial charge < -0.3 is 20.4 Å². The van der Waals surface area contributed by atoms with E-state index in [9.17, 15) is 20.4 Å². The van der Waals surface area contributed by atoms with Crippen molar-refractivity contribution in [2.45, 2.75) is 88.9 Å². The van der Waals surface area contributed by atoms with Crippen LogP contribution in [0.3, 0.4) is 0 Å². The highest BCUT2D eigenvalue weighted by Gasteiger charge is 2.71. The summed E-state index contributed by atoms with van der Waals surface area (Å²) in [4.78, 5) is 0. The predicted octanol–water partition coefficient (Wildman–Crippen LogP) is 4.10. The fourth-order valence-corrected chi connectivity index (χ4v) is 8.42. The Kier molecular flexibility index (Phi) is 4.25. The Hall–Kier alpha value is -1.10. The molecule has 0 bridgehead atoms. The van der Waals surface area contributed by atoms with Crippen LogP contribution in [0, 0.1) is 28.6 Å². The van der Waals surface area contributed by atoms with Gasteiger partial charge in [-0.05, 0) is 98.7 Å². The van der Waals surface area contributed by atoms with Gasteiger partial charge in [0.25, 0.3) is 0 Å². The summed E-state index contributed by atoms with van der Waals surface area (Å²) in [5, 5.41) is 44.0. The molecule has 0 amide bonds. The van der Waals surface area contributed by atoms with Gasteiger partial charge in [-0.1, -0.05) is 26.0 Å². The van der Waals surface area contributed by atoms with Crippen LogP contribution in [0.5, 0.6) is 5.75 Å². The van der Waals surface area contributed by atoms with Crippen molar-refractivity contribution >= 4 is 0 Å². The monoisotopic (exact) mass is 400 g/mol. The van der Waals surface area contributed by atoms with E-state index in [1.807, 2.05) is 12.1 Å². The van der Waals surface area contributed by atoms with Crippen LogP contribution >= 0.6 is 0 Å². The van der Waals surface area contributed by atoms with Crippen LogP contribution in [0.2, 0.25) is 0 Å². The number of phenolic OH excluding ortho intramolecular Hbond substituents is 1. The van der Waals surface area contributed by atoms with E-state index >= 15 is 0 Å². The van der Waals surface area contributed by atoms with E-state index in [1.165, 1.54) is 0 Å². The number of aliphatic hydroxyl groups is 3. The van der Waals surface area contributed by atoms with E-state index in [0.717, 1.165) is 50.5 Å². The summed E-state index contributed by atoms with van der Waals surface area (Å²) >= 11 is 0. The minimum Gasteiger partial charge on any atom is -0.508 e. The van der Waals surface area contributed by atoms with Gasteiger partial charge >= 0.3 is 0 Å². The number of rotatable bonds is 1. The first-order valence-corrected chi connectivity index (χ1v) is 11.6. The molecule has 4 N–H and O–H groups in total. The fourth-order valence-electron chi connectivity index (χ4n) is 8.42. The van der Waals surface area contributed by atoms with Gasteiger partial charge in [-0.15, -0.1) is 0 Å². The molecule has 5 rings (SSSR count). The van der Waals surface area contributed by atoms with Crippen molar-refractivity contribution in [1.29, 1.82) is 0 Å². The second-order valence-corrected chi connectivity index (χ2v) is 11.1. The molecule has 0 radical (unpaired) electrons. The summed E-state index contributed by atoms with van der Waals surface area (Å²) in [6.07, 6.45) is 7.79. The Bertz CT molecular complexity index is 793. The van der Waals surface area contributed by atoms with Crippen molar-refractivity contribution in [3.8, 4) is 5.75 Å². The van der Waals surface area contributed by atoms with E-state index in [-0.39, 0.29) is 23.2 Å². The molecule has 4 heteroatoms. The van der Waals surface area contributed by atoms with Crippen LogP contribution < -0.4 is 0 Å². The van der Waals surface area contributed by atoms with Gasteiger partial charge in [0, 0.05) is 5.41 Å². The average Bonchev–Trinajstić information content (AvgIpc) is 2.91. The largest absolute Gasteiger partial charge is 0.508 e. The highest BCUT2D eigenvalue weighted by atomic mass is 16.3. The van der Waals surface area contributed by atoms with Crippen molar-refractivity contribution in [3.05, 3.63) is 29.8 Å². The summed E-state index contributed by atoms with van der Waals surface area (Å²) in [5.74, 6) is 1.43. The number of phenols is 1. The number of fused-ring (bicyclic) bond motifs is 5. The molecule has 4 nitrogen and oxygen atoms in total. The number of aliphatic hydroxyl groups excluding tert-OH is 1. The minimum atomic E-state index is -1.07. The Morgan fingerprint density at radius 1 is 0.828 bits per heavy atom. The minimum absolute atomic E-state index is 0.160. The highest BCUT2D eigenvalue weighted by molar-refractivity contribution is 5.35. The van der Waals surface area contributed by atoms with Gasteiger partial charge in [0.15, 0.2) is 0 Å². The van der Waals surface area contributed by atoms with E-state index in [1.54, 1.807) is 12.1 Å². The van der Waals surface area contributed by atoms with Crippen molar-refractivity contribution in [3.63, 3.8) is 0 Å². The molecule has 29 heavy (non-hydrogen) atoms. The average molecular weight is 401 g/mol. The second-order valence-electron chi connectivity index (χ2n) is 11.1. The van der Waals surface area contributed by atoms with Crippen LogP contribution in [0.15, 0.2) is 24.3 Å². The van der Waals surface area contributed by atoms with Crippen molar-refractivity contribution < 1.29 is 20.4 Å². The second kappa shape index (κ2) is 6.21. The van der Waals surface area contributed by atoms with Gasteiger partial charge in [0.1, 0.15) is 5.75 Å². The zero-order valence-electron chi connectivity index (χ0n) is 17.8. The maximum absolute atomic E-state index is 12.2. The first kappa shape index (κ1) is 19.8. The van der Waals surface area contributed by atoms with Crippen molar-refractivity contribution in [1.82, 2.24) is 0 Å². The summed E-state index contributed by atoms with van der Waals surface area (Å²) in [6, 6.07) is 6.91. The molecule has 0 unspecified atom stereocenters. The van der Waals surface area contributed by atoms with Crippen LogP contribution in [-0.2, 0) is 5.60 Å².